The summed E-state index contributed by atoms with van der Waals surface area (Å²) >= 11 is 0. The summed E-state index contributed by atoms with van der Waals surface area (Å²) in [6, 6.07) is 4.89. The Balaban J connectivity index is 1.34. The molecule has 1 atom stereocenters. The highest BCUT2D eigenvalue weighted by Gasteiger charge is 2.40. The molecular weight excluding hydrogens is 384 g/mol. The average Bonchev–Trinajstić information content (AvgIpc) is 3.07. The molecule has 0 spiro atoms. The fourth-order valence-corrected chi connectivity index (χ4v) is 4.53. The van der Waals surface area contributed by atoms with Crippen molar-refractivity contribution >= 4 is 17.7 Å². The standard InChI is InChI=1S/C22H30N4O4/c1-2-8-24-9-11-25(12-10-24)13-14-30-19-5-3-4-16-17(19)15-26(22(16)29)18-6-7-20(27)23-21(18)28/h3-5,18H,2,6-15H2,1H3,(H,23,27,28). The molecule has 8 heteroatoms. The number of hydrogen-bond donors (Lipinski definition) is 1. The number of fused-ring (bicyclic) bond motifs is 1. The molecule has 3 heterocycles. The summed E-state index contributed by atoms with van der Waals surface area (Å²) in [5.74, 6) is -0.130. The number of nitrogens with zero attached hydrogens (tertiary/aromatic N) is 3. The van der Waals surface area contributed by atoms with Crippen LogP contribution in [0, 0.1) is 0 Å². The molecule has 30 heavy (non-hydrogen) atoms. The van der Waals surface area contributed by atoms with Crippen LogP contribution in [0.3, 0.4) is 0 Å². The molecule has 0 bridgehead atoms. The fraction of sp³-hybridized carbons (Fsp3) is 0.591. The summed E-state index contributed by atoms with van der Waals surface area (Å²) in [4.78, 5) is 43.0. The summed E-state index contributed by atoms with van der Waals surface area (Å²) in [7, 11) is 0. The van der Waals surface area contributed by atoms with Crippen LogP contribution in [0.1, 0.15) is 42.1 Å². The van der Waals surface area contributed by atoms with E-state index in [0.29, 0.717) is 30.9 Å². The zero-order chi connectivity index (χ0) is 21.1. The molecule has 3 amide bonds. The molecule has 1 aromatic rings. The van der Waals surface area contributed by atoms with Crippen molar-refractivity contribution in [1.82, 2.24) is 20.0 Å². The lowest BCUT2D eigenvalue weighted by molar-refractivity contribution is -0.136. The predicted molar refractivity (Wildman–Crippen MR) is 111 cm³/mol. The smallest absolute Gasteiger partial charge is 0.255 e. The van der Waals surface area contributed by atoms with Gasteiger partial charge in [-0.2, -0.15) is 0 Å². The molecule has 0 radical (unpaired) electrons. The van der Waals surface area contributed by atoms with E-state index in [1.807, 2.05) is 12.1 Å². The van der Waals surface area contributed by atoms with Gasteiger partial charge in [-0.1, -0.05) is 13.0 Å². The number of amides is 3. The predicted octanol–water partition coefficient (Wildman–Crippen LogP) is 0.854. The lowest BCUT2D eigenvalue weighted by Gasteiger charge is -2.34. The maximum Gasteiger partial charge on any atom is 0.255 e. The van der Waals surface area contributed by atoms with Gasteiger partial charge in [-0.05, 0) is 31.5 Å². The van der Waals surface area contributed by atoms with Crippen molar-refractivity contribution in [3.05, 3.63) is 29.3 Å². The normalized spacial score (nSPS) is 22.9. The van der Waals surface area contributed by atoms with E-state index in [9.17, 15) is 14.4 Å². The molecule has 1 aromatic carbocycles. The van der Waals surface area contributed by atoms with Crippen molar-refractivity contribution in [3.8, 4) is 5.75 Å². The third-order valence-electron chi connectivity index (χ3n) is 6.21. The first-order valence-electron chi connectivity index (χ1n) is 10.9. The van der Waals surface area contributed by atoms with Crippen LogP contribution in [0.15, 0.2) is 18.2 Å². The van der Waals surface area contributed by atoms with E-state index in [0.717, 1.165) is 44.8 Å². The minimum absolute atomic E-state index is 0.169. The van der Waals surface area contributed by atoms with E-state index in [1.54, 1.807) is 11.0 Å². The van der Waals surface area contributed by atoms with Crippen LogP contribution >= 0.6 is 0 Å². The number of ether oxygens (including phenoxy) is 1. The molecular formula is C22H30N4O4. The van der Waals surface area contributed by atoms with E-state index in [2.05, 4.69) is 22.0 Å². The van der Waals surface area contributed by atoms with Gasteiger partial charge in [0.15, 0.2) is 0 Å². The van der Waals surface area contributed by atoms with Crippen LogP contribution in [0.4, 0.5) is 0 Å². The Bertz CT molecular complexity index is 819. The lowest BCUT2D eigenvalue weighted by atomic mass is 10.0. The van der Waals surface area contributed by atoms with Crippen LogP contribution in [-0.2, 0) is 16.1 Å². The largest absolute Gasteiger partial charge is 0.492 e. The number of rotatable bonds is 7. The molecule has 2 fully saturated rings. The molecule has 2 saturated heterocycles. The summed E-state index contributed by atoms with van der Waals surface area (Å²) in [5.41, 5.74) is 1.42. The number of carbonyl (C=O) groups excluding carboxylic acids is 3. The van der Waals surface area contributed by atoms with Crippen LogP contribution < -0.4 is 10.1 Å². The Morgan fingerprint density at radius 1 is 1.07 bits per heavy atom. The second-order valence-corrected chi connectivity index (χ2v) is 8.21. The molecule has 8 nitrogen and oxygen atoms in total. The number of hydrogen-bond acceptors (Lipinski definition) is 6. The molecule has 3 aliphatic heterocycles. The third kappa shape index (κ3) is 4.34. The highest BCUT2D eigenvalue weighted by molar-refractivity contribution is 6.05. The molecule has 1 N–H and O–H groups in total. The first kappa shape index (κ1) is 20.8. The van der Waals surface area contributed by atoms with Crippen molar-refractivity contribution in [2.24, 2.45) is 0 Å². The Kier molecular flexibility index (Phi) is 6.34. The highest BCUT2D eigenvalue weighted by atomic mass is 16.5. The van der Waals surface area contributed by atoms with Crippen LogP contribution in [0.25, 0.3) is 0 Å². The van der Waals surface area contributed by atoms with Gasteiger partial charge in [0.05, 0.1) is 6.54 Å². The molecule has 162 valence electrons. The van der Waals surface area contributed by atoms with Crippen molar-refractivity contribution in [3.63, 3.8) is 0 Å². The average molecular weight is 415 g/mol. The van der Waals surface area contributed by atoms with Crippen molar-refractivity contribution < 1.29 is 19.1 Å². The van der Waals surface area contributed by atoms with Gasteiger partial charge in [-0.15, -0.1) is 0 Å². The SMILES string of the molecule is CCCN1CCN(CCOc2cccc3c2CN(C2CCC(=O)NC2=O)C3=O)CC1. The summed E-state index contributed by atoms with van der Waals surface area (Å²) in [5, 5.41) is 2.34. The summed E-state index contributed by atoms with van der Waals surface area (Å²) in [6.07, 6.45) is 1.81. The zero-order valence-electron chi connectivity index (χ0n) is 17.6. The number of imide groups is 1. The molecule has 0 aromatic heterocycles. The number of nitrogens with one attached hydrogen (secondary N) is 1. The van der Waals surface area contributed by atoms with Crippen molar-refractivity contribution in [2.75, 3.05) is 45.9 Å². The first-order chi connectivity index (χ1) is 14.6. The Morgan fingerprint density at radius 3 is 2.50 bits per heavy atom. The van der Waals surface area contributed by atoms with Gasteiger partial charge in [0.25, 0.3) is 5.91 Å². The fourth-order valence-electron chi connectivity index (χ4n) is 4.53. The maximum atomic E-state index is 12.9. The second-order valence-electron chi connectivity index (χ2n) is 8.21. The number of piperazine rings is 1. The molecule has 3 aliphatic rings. The lowest BCUT2D eigenvalue weighted by Crippen LogP contribution is -2.52. The molecule has 0 aliphatic carbocycles. The van der Waals surface area contributed by atoms with Gasteiger partial charge in [0.1, 0.15) is 18.4 Å². The van der Waals surface area contributed by atoms with Gasteiger partial charge in [-0.3, -0.25) is 24.6 Å². The monoisotopic (exact) mass is 414 g/mol. The van der Waals surface area contributed by atoms with Crippen molar-refractivity contribution in [1.29, 1.82) is 0 Å². The van der Waals surface area contributed by atoms with Gasteiger partial charge in [0.2, 0.25) is 11.8 Å². The third-order valence-corrected chi connectivity index (χ3v) is 6.21. The Hall–Kier alpha value is -2.45. The molecule has 4 rings (SSSR count). The van der Waals surface area contributed by atoms with Crippen LogP contribution in [-0.4, -0.2) is 84.3 Å². The van der Waals surface area contributed by atoms with E-state index >= 15 is 0 Å². The number of piperidine rings is 1. The van der Waals surface area contributed by atoms with Crippen LogP contribution in [0.5, 0.6) is 5.75 Å². The Labute approximate surface area is 177 Å². The summed E-state index contributed by atoms with van der Waals surface area (Å²) in [6.45, 7) is 9.45. The van der Waals surface area contributed by atoms with Crippen LogP contribution in [0.2, 0.25) is 0 Å². The van der Waals surface area contributed by atoms with Crippen molar-refractivity contribution in [2.45, 2.75) is 38.8 Å². The van der Waals surface area contributed by atoms with E-state index in [-0.39, 0.29) is 18.2 Å². The molecule has 0 saturated carbocycles. The highest BCUT2D eigenvalue weighted by Crippen LogP contribution is 2.33. The van der Waals surface area contributed by atoms with E-state index in [1.165, 1.54) is 6.42 Å². The zero-order valence-corrected chi connectivity index (χ0v) is 17.6. The maximum absolute atomic E-state index is 12.9. The minimum Gasteiger partial charge on any atom is -0.492 e. The van der Waals surface area contributed by atoms with Gasteiger partial charge >= 0.3 is 0 Å². The van der Waals surface area contributed by atoms with E-state index < -0.39 is 11.9 Å². The van der Waals surface area contributed by atoms with E-state index in [4.69, 9.17) is 4.74 Å². The van der Waals surface area contributed by atoms with Gasteiger partial charge < -0.3 is 14.5 Å². The minimum atomic E-state index is -0.602. The Morgan fingerprint density at radius 2 is 1.80 bits per heavy atom. The number of carbonyl (C=O) groups is 3. The van der Waals surface area contributed by atoms with Gasteiger partial charge in [-0.25, -0.2) is 0 Å². The topological polar surface area (TPSA) is 82.2 Å². The molecule has 1 unspecified atom stereocenters. The van der Waals surface area contributed by atoms with Gasteiger partial charge in [0, 0.05) is 50.3 Å². The summed E-state index contributed by atoms with van der Waals surface area (Å²) < 4.78 is 6.07. The second kappa shape index (κ2) is 9.14. The quantitative estimate of drug-likeness (QED) is 0.667. The number of benzene rings is 1. The first-order valence-corrected chi connectivity index (χ1v) is 10.9.